The highest BCUT2D eigenvalue weighted by Gasteiger charge is 2.46. The van der Waals surface area contributed by atoms with Gasteiger partial charge < -0.3 is 10.4 Å². The number of benzene rings is 1. The lowest BCUT2D eigenvalue weighted by atomic mass is 9.85. The summed E-state index contributed by atoms with van der Waals surface area (Å²) in [5, 5.41) is 11.6. The van der Waals surface area contributed by atoms with Gasteiger partial charge in [0.15, 0.2) is 0 Å². The molecule has 7 nitrogen and oxygen atoms in total. The average Bonchev–Trinajstić information content (AvgIpc) is 2.89. The van der Waals surface area contributed by atoms with Crippen LogP contribution in [0.1, 0.15) is 35.2 Å². The molecule has 1 saturated heterocycles. The highest BCUT2D eigenvalue weighted by molar-refractivity contribution is 6.05. The second-order valence-electron chi connectivity index (χ2n) is 6.51. The van der Waals surface area contributed by atoms with Crippen LogP contribution in [0.2, 0.25) is 0 Å². The summed E-state index contributed by atoms with van der Waals surface area (Å²) in [5.41, 5.74) is 0.955. The number of rotatable bonds is 6. The molecule has 1 heterocycles. The predicted octanol–water partition coefficient (Wildman–Crippen LogP) is 1.34. The number of carbonyl (C=O) groups excluding carboxylic acids is 3. The Labute approximate surface area is 150 Å². The van der Waals surface area contributed by atoms with E-state index in [0.717, 1.165) is 5.56 Å². The number of hydrogen-bond acceptors (Lipinski definition) is 4. The molecule has 2 N–H and O–H groups in total. The first-order valence-corrected chi connectivity index (χ1v) is 8.56. The third-order valence-corrected chi connectivity index (χ3v) is 4.85. The Hall–Kier alpha value is -2.96. The van der Waals surface area contributed by atoms with Crippen molar-refractivity contribution in [2.45, 2.75) is 25.8 Å². The number of carboxylic acids is 1. The molecule has 136 valence electrons. The number of nitrogens with zero attached hydrogens (tertiary/aromatic N) is 1. The topological polar surface area (TPSA) is 104 Å². The minimum Gasteiger partial charge on any atom is -0.478 e. The molecule has 3 amide bonds. The van der Waals surface area contributed by atoms with E-state index in [1.54, 1.807) is 12.1 Å². The number of likely N-dealkylation sites (tertiary alicyclic amines) is 1. The van der Waals surface area contributed by atoms with Gasteiger partial charge in [-0.15, -0.1) is 0 Å². The molecule has 3 rings (SSSR count). The zero-order chi connectivity index (χ0) is 18.7. The van der Waals surface area contributed by atoms with Gasteiger partial charge in [0.1, 0.15) is 0 Å². The summed E-state index contributed by atoms with van der Waals surface area (Å²) >= 11 is 0. The van der Waals surface area contributed by atoms with Gasteiger partial charge in [0.2, 0.25) is 17.7 Å². The van der Waals surface area contributed by atoms with E-state index in [2.05, 4.69) is 5.32 Å². The summed E-state index contributed by atoms with van der Waals surface area (Å²) in [6.07, 6.45) is 5.09. The van der Waals surface area contributed by atoms with E-state index in [0.29, 0.717) is 12.8 Å². The van der Waals surface area contributed by atoms with Crippen molar-refractivity contribution in [1.82, 2.24) is 10.2 Å². The van der Waals surface area contributed by atoms with Gasteiger partial charge in [-0.25, -0.2) is 4.79 Å². The molecule has 1 aromatic rings. The van der Waals surface area contributed by atoms with Crippen molar-refractivity contribution in [2.75, 3.05) is 6.54 Å². The van der Waals surface area contributed by atoms with Crippen molar-refractivity contribution < 1.29 is 24.3 Å². The van der Waals surface area contributed by atoms with Gasteiger partial charge in [-0.2, -0.15) is 0 Å². The number of hydrogen-bond donors (Lipinski definition) is 2. The largest absolute Gasteiger partial charge is 0.478 e. The Balaban J connectivity index is 1.47. The molecule has 0 saturated carbocycles. The average molecular weight is 356 g/mol. The molecule has 0 radical (unpaired) electrons. The summed E-state index contributed by atoms with van der Waals surface area (Å²) in [5.74, 6) is -2.17. The summed E-state index contributed by atoms with van der Waals surface area (Å²) in [6.45, 7) is 0.351. The first-order chi connectivity index (χ1) is 12.5. The molecule has 7 heteroatoms. The van der Waals surface area contributed by atoms with E-state index in [4.69, 9.17) is 5.11 Å². The number of fused-ring (bicyclic) bond motifs is 1. The zero-order valence-corrected chi connectivity index (χ0v) is 14.2. The molecule has 26 heavy (non-hydrogen) atoms. The highest BCUT2D eigenvalue weighted by Crippen LogP contribution is 2.34. The SMILES string of the molecule is O=C(CCN1C(=O)[C@@H]2CC=CC[C@H]2C1=O)NCc1ccc(C(=O)O)cc1. The maximum absolute atomic E-state index is 12.3. The predicted molar refractivity (Wildman–Crippen MR) is 91.9 cm³/mol. The molecule has 0 spiro atoms. The lowest BCUT2D eigenvalue weighted by Crippen LogP contribution is -2.35. The van der Waals surface area contributed by atoms with Crippen LogP contribution in [0.5, 0.6) is 0 Å². The van der Waals surface area contributed by atoms with Crippen LogP contribution in [0.3, 0.4) is 0 Å². The van der Waals surface area contributed by atoms with E-state index in [1.165, 1.54) is 17.0 Å². The van der Waals surface area contributed by atoms with Crippen molar-refractivity contribution in [3.63, 3.8) is 0 Å². The standard InChI is InChI=1S/C19H20N2O5/c22-16(20-11-12-5-7-13(8-6-12)19(25)26)9-10-21-17(23)14-3-1-2-4-15(14)18(21)24/h1-2,5-8,14-15H,3-4,9-11H2,(H,20,22)(H,25,26)/t14-,15-/m1/s1. The van der Waals surface area contributed by atoms with Crippen LogP contribution in [0, 0.1) is 11.8 Å². The van der Waals surface area contributed by atoms with Gasteiger partial charge in [-0.1, -0.05) is 24.3 Å². The van der Waals surface area contributed by atoms with E-state index >= 15 is 0 Å². The summed E-state index contributed by atoms with van der Waals surface area (Å²) in [4.78, 5) is 48.7. The fourth-order valence-electron chi connectivity index (χ4n) is 3.36. The van der Waals surface area contributed by atoms with Crippen LogP contribution in [0.25, 0.3) is 0 Å². The number of carboxylic acid groups (broad SMARTS) is 1. The molecule has 1 aliphatic heterocycles. The number of carbonyl (C=O) groups is 4. The molecule has 1 aromatic carbocycles. The Bertz CT molecular complexity index is 743. The maximum atomic E-state index is 12.3. The summed E-state index contributed by atoms with van der Waals surface area (Å²) in [7, 11) is 0. The summed E-state index contributed by atoms with van der Waals surface area (Å²) in [6, 6.07) is 6.21. The minimum absolute atomic E-state index is 0.0531. The van der Waals surface area contributed by atoms with Gasteiger partial charge in [-0.3, -0.25) is 19.3 Å². The van der Waals surface area contributed by atoms with Gasteiger partial charge >= 0.3 is 5.97 Å². The molecule has 0 bridgehead atoms. The number of amides is 3. The molecule has 2 atom stereocenters. The van der Waals surface area contributed by atoms with Gasteiger partial charge in [-0.05, 0) is 30.5 Å². The van der Waals surface area contributed by atoms with E-state index in [9.17, 15) is 19.2 Å². The Kier molecular flexibility index (Phi) is 5.16. The molecule has 1 fully saturated rings. The number of nitrogens with one attached hydrogen (secondary N) is 1. The Morgan fingerprint density at radius 2 is 1.62 bits per heavy atom. The molecule has 1 aliphatic carbocycles. The first-order valence-electron chi connectivity index (χ1n) is 8.56. The molecule has 0 unspecified atom stereocenters. The Morgan fingerprint density at radius 1 is 1.04 bits per heavy atom. The van der Waals surface area contributed by atoms with Crippen molar-refractivity contribution in [3.05, 3.63) is 47.5 Å². The monoisotopic (exact) mass is 356 g/mol. The van der Waals surface area contributed by atoms with Crippen molar-refractivity contribution >= 4 is 23.7 Å². The Morgan fingerprint density at radius 3 is 2.15 bits per heavy atom. The van der Waals surface area contributed by atoms with E-state index in [-0.39, 0.29) is 54.6 Å². The highest BCUT2D eigenvalue weighted by atomic mass is 16.4. The quantitative estimate of drug-likeness (QED) is 0.591. The second-order valence-corrected chi connectivity index (χ2v) is 6.51. The first kappa shape index (κ1) is 17.8. The van der Waals surface area contributed by atoms with Crippen LogP contribution in [0.4, 0.5) is 0 Å². The maximum Gasteiger partial charge on any atom is 0.335 e. The fraction of sp³-hybridized carbons (Fsp3) is 0.368. The van der Waals surface area contributed by atoms with Crippen LogP contribution < -0.4 is 5.32 Å². The van der Waals surface area contributed by atoms with E-state index in [1.807, 2.05) is 12.2 Å². The third-order valence-electron chi connectivity index (χ3n) is 4.85. The smallest absolute Gasteiger partial charge is 0.335 e. The van der Waals surface area contributed by atoms with Crippen LogP contribution in [-0.4, -0.2) is 40.2 Å². The zero-order valence-electron chi connectivity index (χ0n) is 14.2. The number of aromatic carboxylic acids is 1. The molecular formula is C19H20N2O5. The van der Waals surface area contributed by atoms with Crippen molar-refractivity contribution in [2.24, 2.45) is 11.8 Å². The van der Waals surface area contributed by atoms with Crippen LogP contribution in [-0.2, 0) is 20.9 Å². The number of allylic oxidation sites excluding steroid dienone is 2. The van der Waals surface area contributed by atoms with Crippen molar-refractivity contribution in [3.8, 4) is 0 Å². The molecular weight excluding hydrogens is 336 g/mol. The normalized spacial score (nSPS) is 21.6. The van der Waals surface area contributed by atoms with Gasteiger partial charge in [0.05, 0.1) is 17.4 Å². The van der Waals surface area contributed by atoms with Gasteiger partial charge in [0, 0.05) is 19.5 Å². The summed E-state index contributed by atoms with van der Waals surface area (Å²) < 4.78 is 0. The van der Waals surface area contributed by atoms with Crippen molar-refractivity contribution in [1.29, 1.82) is 0 Å². The minimum atomic E-state index is -1.00. The fourth-order valence-corrected chi connectivity index (χ4v) is 3.36. The lowest BCUT2D eigenvalue weighted by Gasteiger charge is -2.14. The lowest BCUT2D eigenvalue weighted by molar-refractivity contribution is -0.140. The van der Waals surface area contributed by atoms with Crippen LogP contribution in [0.15, 0.2) is 36.4 Å². The van der Waals surface area contributed by atoms with Crippen LogP contribution >= 0.6 is 0 Å². The third kappa shape index (κ3) is 3.66. The molecule has 0 aromatic heterocycles. The molecule has 2 aliphatic rings. The van der Waals surface area contributed by atoms with Gasteiger partial charge in [0.25, 0.3) is 0 Å². The van der Waals surface area contributed by atoms with E-state index < -0.39 is 5.97 Å². The number of imide groups is 1. The second kappa shape index (κ2) is 7.51.